The van der Waals surface area contributed by atoms with Crippen molar-refractivity contribution in [1.29, 1.82) is 0 Å². The van der Waals surface area contributed by atoms with Gasteiger partial charge < -0.3 is 16.0 Å². The standard InChI is InChI=1S/C19H20FN3O2S/c1-12(14-5-7-15(8-6-14)18(25)21-2)17(24)23-19(26)22-11-13-3-9-16(20)10-4-13/h3-10,12H,11H2,1-2H3,(H,21,25)(H2,22,23,24,26). The van der Waals surface area contributed by atoms with E-state index in [0.29, 0.717) is 12.1 Å². The van der Waals surface area contributed by atoms with Crippen molar-refractivity contribution >= 4 is 29.1 Å². The lowest BCUT2D eigenvalue weighted by Gasteiger charge is -2.14. The number of halogens is 1. The summed E-state index contributed by atoms with van der Waals surface area (Å²) >= 11 is 5.13. The lowest BCUT2D eigenvalue weighted by molar-refractivity contribution is -0.120. The first-order valence-electron chi connectivity index (χ1n) is 8.06. The third kappa shape index (κ3) is 5.35. The number of hydrogen-bond donors (Lipinski definition) is 3. The zero-order chi connectivity index (χ0) is 19.1. The minimum absolute atomic E-state index is 0.181. The van der Waals surface area contributed by atoms with E-state index in [1.54, 1.807) is 50.4 Å². The van der Waals surface area contributed by atoms with Crippen LogP contribution in [0.5, 0.6) is 0 Å². The lowest BCUT2D eigenvalue weighted by atomic mass is 9.99. The van der Waals surface area contributed by atoms with Crippen molar-refractivity contribution in [2.75, 3.05) is 7.05 Å². The van der Waals surface area contributed by atoms with Crippen LogP contribution in [-0.4, -0.2) is 24.0 Å². The molecule has 0 saturated heterocycles. The molecule has 0 aliphatic heterocycles. The van der Waals surface area contributed by atoms with Crippen LogP contribution in [0.2, 0.25) is 0 Å². The third-order valence-electron chi connectivity index (χ3n) is 3.90. The molecule has 0 aliphatic rings. The summed E-state index contributed by atoms with van der Waals surface area (Å²) in [7, 11) is 1.56. The van der Waals surface area contributed by atoms with E-state index in [1.165, 1.54) is 12.1 Å². The number of benzene rings is 2. The molecule has 0 aromatic heterocycles. The summed E-state index contributed by atoms with van der Waals surface area (Å²) in [5, 5.41) is 8.29. The minimum Gasteiger partial charge on any atom is -0.358 e. The molecule has 0 bridgehead atoms. The van der Waals surface area contributed by atoms with E-state index in [1.807, 2.05) is 0 Å². The first-order chi connectivity index (χ1) is 12.4. The second-order valence-corrected chi connectivity index (χ2v) is 6.13. The van der Waals surface area contributed by atoms with Crippen LogP contribution in [0.1, 0.15) is 34.3 Å². The molecule has 0 radical (unpaired) electrons. The molecule has 0 spiro atoms. The van der Waals surface area contributed by atoms with Crippen molar-refractivity contribution in [3.63, 3.8) is 0 Å². The highest BCUT2D eigenvalue weighted by Gasteiger charge is 2.16. The molecule has 0 saturated carbocycles. The average molecular weight is 373 g/mol. The fraction of sp³-hybridized carbons (Fsp3) is 0.211. The lowest BCUT2D eigenvalue weighted by Crippen LogP contribution is -2.40. The van der Waals surface area contributed by atoms with Gasteiger partial charge in [-0.1, -0.05) is 24.3 Å². The van der Waals surface area contributed by atoms with E-state index in [2.05, 4.69) is 16.0 Å². The highest BCUT2D eigenvalue weighted by Crippen LogP contribution is 2.16. The fourth-order valence-electron chi connectivity index (χ4n) is 2.27. The van der Waals surface area contributed by atoms with Crippen LogP contribution < -0.4 is 16.0 Å². The average Bonchev–Trinajstić information content (AvgIpc) is 2.66. The summed E-state index contributed by atoms with van der Waals surface area (Å²) in [5.74, 6) is -1.17. The molecule has 0 fully saturated rings. The molecule has 2 aromatic carbocycles. The van der Waals surface area contributed by atoms with E-state index in [9.17, 15) is 14.0 Å². The van der Waals surface area contributed by atoms with Crippen LogP contribution in [0.4, 0.5) is 4.39 Å². The molecule has 0 heterocycles. The Balaban J connectivity index is 1.88. The van der Waals surface area contributed by atoms with E-state index < -0.39 is 5.92 Å². The van der Waals surface area contributed by atoms with Crippen molar-refractivity contribution in [3.8, 4) is 0 Å². The highest BCUT2D eigenvalue weighted by atomic mass is 32.1. The Morgan fingerprint density at radius 1 is 1.08 bits per heavy atom. The van der Waals surface area contributed by atoms with Crippen LogP contribution in [0.15, 0.2) is 48.5 Å². The SMILES string of the molecule is CNC(=O)c1ccc(C(C)C(=O)NC(=S)NCc2ccc(F)cc2)cc1. The Hall–Kier alpha value is -2.80. The van der Waals surface area contributed by atoms with Crippen LogP contribution >= 0.6 is 12.2 Å². The summed E-state index contributed by atoms with van der Waals surface area (Å²) in [6, 6.07) is 12.8. The van der Waals surface area contributed by atoms with Crippen molar-refractivity contribution in [2.45, 2.75) is 19.4 Å². The summed E-state index contributed by atoms with van der Waals surface area (Å²) in [6.07, 6.45) is 0. The van der Waals surface area contributed by atoms with E-state index in [0.717, 1.165) is 11.1 Å². The van der Waals surface area contributed by atoms with Crippen LogP contribution in [0, 0.1) is 5.82 Å². The smallest absolute Gasteiger partial charge is 0.251 e. The van der Waals surface area contributed by atoms with Gasteiger partial charge in [0.1, 0.15) is 5.82 Å². The van der Waals surface area contributed by atoms with Gasteiger partial charge in [-0.2, -0.15) is 0 Å². The number of carbonyl (C=O) groups excluding carboxylic acids is 2. The van der Waals surface area contributed by atoms with Gasteiger partial charge in [-0.3, -0.25) is 9.59 Å². The van der Waals surface area contributed by atoms with Gasteiger partial charge in [0.25, 0.3) is 5.91 Å². The minimum atomic E-state index is -0.431. The summed E-state index contributed by atoms with van der Waals surface area (Å²) in [5.41, 5.74) is 2.15. The Kier molecular flexibility index (Phi) is 6.80. The molecule has 5 nitrogen and oxygen atoms in total. The van der Waals surface area contributed by atoms with E-state index >= 15 is 0 Å². The Labute approximate surface area is 157 Å². The Morgan fingerprint density at radius 3 is 2.27 bits per heavy atom. The largest absolute Gasteiger partial charge is 0.358 e. The zero-order valence-electron chi connectivity index (χ0n) is 14.5. The molecule has 3 N–H and O–H groups in total. The van der Waals surface area contributed by atoms with Gasteiger partial charge in [0.05, 0.1) is 5.92 Å². The van der Waals surface area contributed by atoms with Crippen molar-refractivity contribution < 1.29 is 14.0 Å². The van der Waals surface area contributed by atoms with Crippen LogP contribution in [-0.2, 0) is 11.3 Å². The summed E-state index contributed by atoms with van der Waals surface area (Å²) in [6.45, 7) is 2.14. The number of rotatable bonds is 5. The zero-order valence-corrected chi connectivity index (χ0v) is 15.3. The third-order valence-corrected chi connectivity index (χ3v) is 4.14. The predicted octanol–water partition coefficient (Wildman–Crippen LogP) is 2.48. The molecule has 2 aromatic rings. The van der Waals surface area contributed by atoms with Gasteiger partial charge in [-0.25, -0.2) is 4.39 Å². The first-order valence-corrected chi connectivity index (χ1v) is 8.46. The van der Waals surface area contributed by atoms with Crippen LogP contribution in [0.25, 0.3) is 0 Å². The molecule has 26 heavy (non-hydrogen) atoms. The maximum Gasteiger partial charge on any atom is 0.251 e. The van der Waals surface area contributed by atoms with Crippen molar-refractivity contribution in [1.82, 2.24) is 16.0 Å². The van der Waals surface area contributed by atoms with Gasteiger partial charge in [0.2, 0.25) is 5.91 Å². The molecule has 2 rings (SSSR count). The topological polar surface area (TPSA) is 70.2 Å². The molecule has 0 aliphatic carbocycles. The van der Waals surface area contributed by atoms with E-state index in [-0.39, 0.29) is 22.7 Å². The molecule has 1 atom stereocenters. The second-order valence-electron chi connectivity index (χ2n) is 5.72. The number of carbonyl (C=O) groups is 2. The van der Waals surface area contributed by atoms with Crippen LogP contribution in [0.3, 0.4) is 0 Å². The second kappa shape index (κ2) is 9.05. The van der Waals surface area contributed by atoms with Gasteiger partial charge in [-0.15, -0.1) is 0 Å². The fourth-order valence-corrected chi connectivity index (χ4v) is 2.44. The molecule has 136 valence electrons. The molecule has 7 heteroatoms. The first kappa shape index (κ1) is 19.5. The predicted molar refractivity (Wildman–Crippen MR) is 102 cm³/mol. The normalized spacial score (nSPS) is 11.3. The number of hydrogen-bond acceptors (Lipinski definition) is 3. The molecule has 1 unspecified atom stereocenters. The number of thiocarbonyl (C=S) groups is 1. The maximum absolute atomic E-state index is 12.9. The molecular formula is C19H20FN3O2S. The number of nitrogens with one attached hydrogen (secondary N) is 3. The molecule has 2 amide bonds. The summed E-state index contributed by atoms with van der Waals surface area (Å²) < 4.78 is 12.9. The van der Waals surface area contributed by atoms with Gasteiger partial charge in [-0.05, 0) is 54.5 Å². The quantitative estimate of drug-likeness (QED) is 0.705. The monoisotopic (exact) mass is 373 g/mol. The van der Waals surface area contributed by atoms with Gasteiger partial charge in [0.15, 0.2) is 5.11 Å². The van der Waals surface area contributed by atoms with Crippen molar-refractivity contribution in [2.24, 2.45) is 0 Å². The van der Waals surface area contributed by atoms with E-state index in [4.69, 9.17) is 12.2 Å². The summed E-state index contributed by atoms with van der Waals surface area (Å²) in [4.78, 5) is 23.9. The Morgan fingerprint density at radius 2 is 1.69 bits per heavy atom. The Bertz CT molecular complexity index is 791. The van der Waals surface area contributed by atoms with Crippen molar-refractivity contribution in [3.05, 3.63) is 71.0 Å². The van der Waals surface area contributed by atoms with Gasteiger partial charge >= 0.3 is 0 Å². The molecular weight excluding hydrogens is 353 g/mol. The number of amides is 2. The van der Waals surface area contributed by atoms with Gasteiger partial charge in [0, 0.05) is 19.2 Å². The maximum atomic E-state index is 12.9. The highest BCUT2D eigenvalue weighted by molar-refractivity contribution is 7.80.